The van der Waals surface area contributed by atoms with Gasteiger partial charge in [0.2, 0.25) is 0 Å². The van der Waals surface area contributed by atoms with Crippen LogP contribution in [-0.2, 0) is 5.41 Å². The molecule has 104 valence electrons. The van der Waals surface area contributed by atoms with E-state index in [-0.39, 0.29) is 0 Å². The predicted molar refractivity (Wildman–Crippen MR) is 78.7 cm³/mol. The van der Waals surface area contributed by atoms with E-state index in [1.54, 1.807) is 7.11 Å². The first-order valence-electron chi connectivity index (χ1n) is 7.51. The Balaban J connectivity index is 1.79. The second kappa shape index (κ2) is 4.82. The van der Waals surface area contributed by atoms with E-state index in [1.807, 2.05) is 0 Å². The van der Waals surface area contributed by atoms with Crippen molar-refractivity contribution in [1.82, 2.24) is 5.32 Å². The number of fused-ring (bicyclic) bond motifs is 3. The number of ether oxygens (including phenoxy) is 1. The minimum absolute atomic E-state index is 0.460. The van der Waals surface area contributed by atoms with E-state index in [0.717, 1.165) is 5.75 Å². The highest BCUT2D eigenvalue weighted by molar-refractivity contribution is 5.34. The van der Waals surface area contributed by atoms with E-state index in [1.165, 1.54) is 50.6 Å². The normalized spacial score (nSPS) is 33.4. The molecule has 0 atom stereocenters. The van der Waals surface area contributed by atoms with Gasteiger partial charge in [-0.25, -0.2) is 0 Å². The maximum absolute atomic E-state index is 5.27. The van der Waals surface area contributed by atoms with Crippen molar-refractivity contribution in [3.8, 4) is 5.75 Å². The lowest BCUT2D eigenvalue weighted by Crippen LogP contribution is -2.47. The van der Waals surface area contributed by atoms with Crippen LogP contribution in [0.5, 0.6) is 5.75 Å². The molecule has 3 saturated carbocycles. The second-order valence-corrected chi connectivity index (χ2v) is 6.54. The Hall–Kier alpha value is -1.02. The molecule has 0 heterocycles. The molecule has 1 aromatic rings. The minimum atomic E-state index is 0.460. The van der Waals surface area contributed by atoms with Gasteiger partial charge in [0.15, 0.2) is 0 Å². The van der Waals surface area contributed by atoms with E-state index in [4.69, 9.17) is 4.74 Å². The molecule has 2 heteroatoms. The maximum atomic E-state index is 5.27. The number of nitrogens with one attached hydrogen (secondary N) is 1. The standard InChI is InChI=1S/C17H25NO/c1-18-13-16-7-10-17(11-8-16,12-9-16)14-3-5-15(19-2)6-4-14/h3-6,18H,7-13H2,1-2H3. The average Bonchev–Trinajstić information content (AvgIpc) is 2.49. The molecule has 0 aliphatic heterocycles. The molecule has 0 radical (unpaired) electrons. The minimum Gasteiger partial charge on any atom is -0.497 e. The Morgan fingerprint density at radius 2 is 1.58 bits per heavy atom. The number of methoxy groups -OCH3 is 1. The highest BCUT2D eigenvalue weighted by Gasteiger charge is 2.48. The van der Waals surface area contributed by atoms with Crippen LogP contribution in [0.2, 0.25) is 0 Å². The number of rotatable bonds is 4. The van der Waals surface area contributed by atoms with Gasteiger partial charge in [-0.15, -0.1) is 0 Å². The van der Waals surface area contributed by atoms with E-state index < -0.39 is 0 Å². The number of hydrogen-bond acceptors (Lipinski definition) is 2. The smallest absolute Gasteiger partial charge is 0.118 e. The summed E-state index contributed by atoms with van der Waals surface area (Å²) < 4.78 is 5.27. The summed E-state index contributed by atoms with van der Waals surface area (Å²) in [4.78, 5) is 0. The van der Waals surface area contributed by atoms with Crippen LogP contribution < -0.4 is 10.1 Å². The first kappa shape index (κ1) is 13.0. The molecular formula is C17H25NO. The van der Waals surface area contributed by atoms with Crippen molar-refractivity contribution in [2.45, 2.75) is 43.9 Å². The van der Waals surface area contributed by atoms with Crippen LogP contribution in [0.1, 0.15) is 44.1 Å². The molecule has 3 aliphatic carbocycles. The maximum Gasteiger partial charge on any atom is 0.118 e. The largest absolute Gasteiger partial charge is 0.497 e. The Kier molecular flexibility index (Phi) is 3.30. The molecule has 0 saturated heterocycles. The van der Waals surface area contributed by atoms with Gasteiger partial charge in [0.25, 0.3) is 0 Å². The highest BCUT2D eigenvalue weighted by Crippen LogP contribution is 2.57. The van der Waals surface area contributed by atoms with Crippen molar-refractivity contribution in [2.24, 2.45) is 5.41 Å². The van der Waals surface area contributed by atoms with Gasteiger partial charge in [0.05, 0.1) is 7.11 Å². The zero-order chi connectivity index (χ0) is 13.3. The van der Waals surface area contributed by atoms with Crippen molar-refractivity contribution in [1.29, 1.82) is 0 Å². The molecule has 19 heavy (non-hydrogen) atoms. The lowest BCUT2D eigenvalue weighted by Gasteiger charge is -2.54. The number of benzene rings is 1. The third-order valence-electron chi connectivity index (χ3n) is 5.66. The van der Waals surface area contributed by atoms with Crippen LogP contribution in [0, 0.1) is 5.41 Å². The van der Waals surface area contributed by atoms with Crippen LogP contribution in [0.4, 0.5) is 0 Å². The Labute approximate surface area is 116 Å². The molecule has 1 aromatic carbocycles. The van der Waals surface area contributed by atoms with Gasteiger partial charge in [0, 0.05) is 6.54 Å². The van der Waals surface area contributed by atoms with Gasteiger partial charge < -0.3 is 10.1 Å². The topological polar surface area (TPSA) is 21.3 Å². The molecular weight excluding hydrogens is 234 g/mol. The highest BCUT2D eigenvalue weighted by atomic mass is 16.5. The van der Waals surface area contributed by atoms with Crippen molar-refractivity contribution in [3.05, 3.63) is 29.8 Å². The Morgan fingerprint density at radius 3 is 2.05 bits per heavy atom. The van der Waals surface area contributed by atoms with E-state index in [2.05, 4.69) is 36.6 Å². The second-order valence-electron chi connectivity index (χ2n) is 6.54. The molecule has 2 bridgehead atoms. The molecule has 3 fully saturated rings. The van der Waals surface area contributed by atoms with Crippen molar-refractivity contribution in [2.75, 3.05) is 20.7 Å². The van der Waals surface area contributed by atoms with Gasteiger partial charge in [-0.2, -0.15) is 0 Å². The summed E-state index contributed by atoms with van der Waals surface area (Å²) in [6.45, 7) is 1.20. The zero-order valence-corrected chi connectivity index (χ0v) is 12.2. The number of hydrogen-bond donors (Lipinski definition) is 1. The van der Waals surface area contributed by atoms with Crippen LogP contribution in [0.3, 0.4) is 0 Å². The van der Waals surface area contributed by atoms with E-state index in [9.17, 15) is 0 Å². The SMILES string of the molecule is CNCC12CCC(c3ccc(OC)cc3)(CC1)CC2. The van der Waals surface area contributed by atoms with Crippen molar-refractivity contribution in [3.63, 3.8) is 0 Å². The summed E-state index contributed by atoms with van der Waals surface area (Å²) >= 11 is 0. The Morgan fingerprint density at radius 1 is 1.00 bits per heavy atom. The van der Waals surface area contributed by atoms with Crippen molar-refractivity contribution >= 4 is 0 Å². The molecule has 3 aliphatic rings. The first-order chi connectivity index (χ1) is 9.22. The van der Waals surface area contributed by atoms with Crippen LogP contribution in [0.15, 0.2) is 24.3 Å². The van der Waals surface area contributed by atoms with Gasteiger partial charge in [-0.05, 0) is 74.1 Å². The Bertz CT molecular complexity index is 413. The first-order valence-corrected chi connectivity index (χ1v) is 7.51. The molecule has 0 spiro atoms. The lowest BCUT2D eigenvalue weighted by atomic mass is 9.52. The molecule has 1 N–H and O–H groups in total. The van der Waals surface area contributed by atoms with Crippen molar-refractivity contribution < 1.29 is 4.74 Å². The fraction of sp³-hybridized carbons (Fsp3) is 0.647. The molecule has 0 amide bonds. The summed E-state index contributed by atoms with van der Waals surface area (Å²) in [5.74, 6) is 0.969. The summed E-state index contributed by atoms with van der Waals surface area (Å²) in [7, 11) is 3.83. The van der Waals surface area contributed by atoms with Crippen LogP contribution in [-0.4, -0.2) is 20.7 Å². The third kappa shape index (κ3) is 2.16. The summed E-state index contributed by atoms with van der Waals surface area (Å²) in [6, 6.07) is 8.81. The summed E-state index contributed by atoms with van der Waals surface area (Å²) in [6.07, 6.45) is 8.25. The summed E-state index contributed by atoms with van der Waals surface area (Å²) in [5, 5.41) is 3.40. The predicted octanol–water partition coefficient (Wildman–Crippen LogP) is 3.51. The monoisotopic (exact) mass is 259 g/mol. The van der Waals surface area contributed by atoms with Gasteiger partial charge in [-0.1, -0.05) is 12.1 Å². The van der Waals surface area contributed by atoms with Crippen LogP contribution >= 0.6 is 0 Å². The molecule has 2 nitrogen and oxygen atoms in total. The van der Waals surface area contributed by atoms with Crippen LogP contribution in [0.25, 0.3) is 0 Å². The summed E-state index contributed by atoms with van der Waals surface area (Å²) in [5.41, 5.74) is 2.59. The quantitative estimate of drug-likeness (QED) is 0.893. The zero-order valence-electron chi connectivity index (χ0n) is 12.2. The van der Waals surface area contributed by atoms with Gasteiger partial charge >= 0.3 is 0 Å². The molecule has 0 aromatic heterocycles. The molecule has 4 rings (SSSR count). The van der Waals surface area contributed by atoms with Gasteiger partial charge in [0.1, 0.15) is 5.75 Å². The fourth-order valence-corrected chi connectivity index (χ4v) is 4.28. The lowest BCUT2D eigenvalue weighted by molar-refractivity contribution is 0.0415. The average molecular weight is 259 g/mol. The third-order valence-corrected chi connectivity index (χ3v) is 5.66. The van der Waals surface area contributed by atoms with Gasteiger partial charge in [-0.3, -0.25) is 0 Å². The van der Waals surface area contributed by atoms with E-state index in [0.29, 0.717) is 10.8 Å². The fourth-order valence-electron chi connectivity index (χ4n) is 4.28. The van der Waals surface area contributed by atoms with E-state index >= 15 is 0 Å². The molecule has 0 unspecified atom stereocenters.